The molecule has 1 aromatic carbocycles. The number of nitrogens with one attached hydrogen (secondary N) is 2. The van der Waals surface area contributed by atoms with E-state index in [1.165, 1.54) is 0 Å². The van der Waals surface area contributed by atoms with Crippen LogP contribution in [0.4, 0.5) is 0 Å². The van der Waals surface area contributed by atoms with Gasteiger partial charge in [0.1, 0.15) is 0 Å². The minimum atomic E-state index is -0.0825. The zero-order valence-corrected chi connectivity index (χ0v) is 15.8. The highest BCUT2D eigenvalue weighted by Crippen LogP contribution is 2.18. The standard InChI is InChI=1S/C19H27N3O3.ClH/c23-18(12-16-14-25-11-9-20-16)22-10-5-4-8-17(22)13-21-19(24)15-6-2-1-3-7-15;/h1-3,6-7,16-17,20H,4-5,8-14H2,(H,21,24);1H. The summed E-state index contributed by atoms with van der Waals surface area (Å²) in [5.74, 6) is 0.0718. The third-order valence-electron chi connectivity index (χ3n) is 4.90. The average molecular weight is 382 g/mol. The van der Waals surface area contributed by atoms with Crippen LogP contribution in [0.2, 0.25) is 0 Å². The number of morpholine rings is 1. The third-order valence-corrected chi connectivity index (χ3v) is 4.90. The van der Waals surface area contributed by atoms with Crippen LogP contribution in [0.3, 0.4) is 0 Å². The minimum Gasteiger partial charge on any atom is -0.378 e. The fourth-order valence-corrected chi connectivity index (χ4v) is 3.52. The number of hydrogen-bond acceptors (Lipinski definition) is 4. The maximum Gasteiger partial charge on any atom is 0.251 e. The van der Waals surface area contributed by atoms with Crippen LogP contribution in [0.25, 0.3) is 0 Å². The van der Waals surface area contributed by atoms with Crippen LogP contribution < -0.4 is 10.6 Å². The molecule has 6 nitrogen and oxygen atoms in total. The number of carbonyl (C=O) groups is 2. The summed E-state index contributed by atoms with van der Waals surface area (Å²) in [6.45, 7) is 3.39. The van der Waals surface area contributed by atoms with E-state index < -0.39 is 0 Å². The molecular formula is C19H28ClN3O3. The second-order valence-corrected chi connectivity index (χ2v) is 6.74. The molecule has 2 heterocycles. The molecule has 3 rings (SSSR count). The van der Waals surface area contributed by atoms with Crippen molar-refractivity contribution < 1.29 is 14.3 Å². The largest absolute Gasteiger partial charge is 0.378 e. The zero-order valence-electron chi connectivity index (χ0n) is 15.0. The van der Waals surface area contributed by atoms with Crippen LogP contribution in [-0.4, -0.2) is 61.6 Å². The predicted molar refractivity (Wildman–Crippen MR) is 103 cm³/mol. The number of likely N-dealkylation sites (tertiary alicyclic amines) is 1. The topological polar surface area (TPSA) is 70.7 Å². The maximum atomic E-state index is 12.7. The highest BCUT2D eigenvalue weighted by molar-refractivity contribution is 5.94. The van der Waals surface area contributed by atoms with E-state index in [-0.39, 0.29) is 36.3 Å². The minimum absolute atomic E-state index is 0. The summed E-state index contributed by atoms with van der Waals surface area (Å²) >= 11 is 0. The number of ether oxygens (including phenoxy) is 1. The molecular weight excluding hydrogens is 354 g/mol. The zero-order chi connectivity index (χ0) is 17.5. The van der Waals surface area contributed by atoms with Gasteiger partial charge in [0.2, 0.25) is 5.91 Å². The number of hydrogen-bond donors (Lipinski definition) is 2. The lowest BCUT2D eigenvalue weighted by Gasteiger charge is -2.37. The number of piperidine rings is 1. The van der Waals surface area contributed by atoms with Crippen LogP contribution in [-0.2, 0) is 9.53 Å². The molecule has 1 aromatic rings. The van der Waals surface area contributed by atoms with E-state index in [2.05, 4.69) is 10.6 Å². The fraction of sp³-hybridized carbons (Fsp3) is 0.579. The van der Waals surface area contributed by atoms with Gasteiger partial charge in [-0.05, 0) is 31.4 Å². The number of halogens is 1. The summed E-state index contributed by atoms with van der Waals surface area (Å²) in [6, 6.07) is 9.37. The Bertz CT molecular complexity index is 579. The molecule has 144 valence electrons. The molecule has 2 atom stereocenters. The summed E-state index contributed by atoms with van der Waals surface area (Å²) < 4.78 is 5.43. The fourth-order valence-electron chi connectivity index (χ4n) is 3.52. The van der Waals surface area contributed by atoms with Crippen LogP contribution >= 0.6 is 12.4 Å². The van der Waals surface area contributed by atoms with Gasteiger partial charge in [-0.15, -0.1) is 12.4 Å². The smallest absolute Gasteiger partial charge is 0.251 e. The van der Waals surface area contributed by atoms with Crippen LogP contribution in [0.1, 0.15) is 36.0 Å². The molecule has 0 saturated carbocycles. The molecule has 2 amide bonds. The number of rotatable bonds is 5. The summed E-state index contributed by atoms with van der Waals surface area (Å²) in [6.07, 6.45) is 3.53. The van der Waals surface area contributed by atoms with E-state index in [1.54, 1.807) is 12.1 Å². The third kappa shape index (κ3) is 5.69. The SMILES string of the molecule is Cl.O=C(NCC1CCCCN1C(=O)CC1COCCN1)c1ccccc1. The van der Waals surface area contributed by atoms with Crippen molar-refractivity contribution in [2.45, 2.75) is 37.8 Å². The Hall–Kier alpha value is -1.63. The second kappa shape index (κ2) is 10.5. The number of carbonyl (C=O) groups excluding carboxylic acids is 2. The van der Waals surface area contributed by atoms with E-state index in [1.807, 2.05) is 23.1 Å². The Kier molecular flexibility index (Phi) is 8.35. The van der Waals surface area contributed by atoms with Gasteiger partial charge < -0.3 is 20.3 Å². The van der Waals surface area contributed by atoms with E-state index in [4.69, 9.17) is 4.74 Å². The first-order valence-electron chi connectivity index (χ1n) is 9.18. The first-order valence-corrected chi connectivity index (χ1v) is 9.18. The second-order valence-electron chi connectivity index (χ2n) is 6.74. The highest BCUT2D eigenvalue weighted by Gasteiger charge is 2.29. The average Bonchev–Trinajstić information content (AvgIpc) is 2.68. The molecule has 7 heteroatoms. The van der Waals surface area contributed by atoms with Crippen LogP contribution in [0.15, 0.2) is 30.3 Å². The van der Waals surface area contributed by atoms with Gasteiger partial charge in [-0.3, -0.25) is 9.59 Å². The van der Waals surface area contributed by atoms with Crippen molar-refractivity contribution in [2.24, 2.45) is 0 Å². The predicted octanol–water partition coefficient (Wildman–Crippen LogP) is 1.60. The Morgan fingerprint density at radius 1 is 1.23 bits per heavy atom. The molecule has 2 unspecified atom stereocenters. The van der Waals surface area contributed by atoms with Crippen LogP contribution in [0.5, 0.6) is 0 Å². The van der Waals surface area contributed by atoms with E-state index in [0.29, 0.717) is 31.7 Å². The summed E-state index contributed by atoms with van der Waals surface area (Å²) in [4.78, 5) is 26.9. The number of amides is 2. The van der Waals surface area contributed by atoms with E-state index >= 15 is 0 Å². The highest BCUT2D eigenvalue weighted by atomic mass is 35.5. The van der Waals surface area contributed by atoms with Crippen LogP contribution in [0, 0.1) is 0 Å². The monoisotopic (exact) mass is 381 g/mol. The van der Waals surface area contributed by atoms with Gasteiger partial charge in [0.15, 0.2) is 0 Å². The maximum absolute atomic E-state index is 12.7. The van der Waals surface area contributed by atoms with Crippen molar-refractivity contribution in [3.05, 3.63) is 35.9 Å². The number of nitrogens with zero attached hydrogens (tertiary/aromatic N) is 1. The molecule has 0 radical (unpaired) electrons. The van der Waals surface area contributed by atoms with Crippen molar-refractivity contribution in [2.75, 3.05) is 32.8 Å². The van der Waals surface area contributed by atoms with E-state index in [9.17, 15) is 9.59 Å². The van der Waals surface area contributed by atoms with E-state index in [0.717, 1.165) is 32.4 Å². The normalized spacial score (nSPS) is 23.0. The molecule has 0 aromatic heterocycles. The lowest BCUT2D eigenvalue weighted by atomic mass is 10.0. The van der Waals surface area contributed by atoms with Crippen molar-refractivity contribution in [1.29, 1.82) is 0 Å². The Morgan fingerprint density at radius 3 is 2.77 bits per heavy atom. The van der Waals surface area contributed by atoms with Gasteiger partial charge >= 0.3 is 0 Å². The summed E-state index contributed by atoms with van der Waals surface area (Å²) in [7, 11) is 0. The summed E-state index contributed by atoms with van der Waals surface area (Å²) in [5, 5.41) is 6.32. The Morgan fingerprint density at radius 2 is 2.04 bits per heavy atom. The lowest BCUT2D eigenvalue weighted by molar-refractivity contribution is -0.136. The molecule has 2 fully saturated rings. The number of benzene rings is 1. The molecule has 2 aliphatic rings. The molecule has 26 heavy (non-hydrogen) atoms. The molecule has 0 aliphatic carbocycles. The molecule has 2 saturated heterocycles. The van der Waals surface area contributed by atoms with Gasteiger partial charge in [0, 0.05) is 43.7 Å². The first kappa shape index (κ1) is 20.7. The Balaban J connectivity index is 0.00000243. The van der Waals surface area contributed by atoms with Gasteiger partial charge in [0.25, 0.3) is 5.91 Å². The van der Waals surface area contributed by atoms with Gasteiger partial charge in [-0.2, -0.15) is 0 Å². The van der Waals surface area contributed by atoms with Crippen molar-refractivity contribution in [3.63, 3.8) is 0 Å². The van der Waals surface area contributed by atoms with Gasteiger partial charge in [-0.1, -0.05) is 18.2 Å². The van der Waals surface area contributed by atoms with Crippen molar-refractivity contribution in [3.8, 4) is 0 Å². The molecule has 2 aliphatic heterocycles. The van der Waals surface area contributed by atoms with Crippen molar-refractivity contribution in [1.82, 2.24) is 15.5 Å². The van der Waals surface area contributed by atoms with Gasteiger partial charge in [-0.25, -0.2) is 0 Å². The first-order chi connectivity index (χ1) is 12.2. The van der Waals surface area contributed by atoms with Crippen molar-refractivity contribution >= 4 is 24.2 Å². The molecule has 0 bridgehead atoms. The molecule has 0 spiro atoms. The quantitative estimate of drug-likeness (QED) is 0.812. The lowest BCUT2D eigenvalue weighted by Crippen LogP contribution is -2.52. The Labute approximate surface area is 161 Å². The molecule has 2 N–H and O–H groups in total. The van der Waals surface area contributed by atoms with Gasteiger partial charge in [0.05, 0.1) is 13.2 Å². The summed E-state index contributed by atoms with van der Waals surface area (Å²) in [5.41, 5.74) is 0.653.